The van der Waals surface area contributed by atoms with Crippen molar-refractivity contribution in [3.63, 3.8) is 0 Å². The van der Waals surface area contributed by atoms with E-state index in [1.54, 1.807) is 6.92 Å². The lowest BCUT2D eigenvalue weighted by Gasteiger charge is -2.09. The van der Waals surface area contributed by atoms with Crippen molar-refractivity contribution in [2.45, 2.75) is 59.2 Å². The van der Waals surface area contributed by atoms with Crippen molar-refractivity contribution in [3.05, 3.63) is 23.6 Å². The van der Waals surface area contributed by atoms with Crippen molar-refractivity contribution < 1.29 is 17.9 Å². The summed E-state index contributed by atoms with van der Waals surface area (Å²) in [6.07, 6.45) is 0.662. The van der Waals surface area contributed by atoms with Crippen LogP contribution in [0.15, 0.2) is 8.83 Å². The number of aromatic nitrogens is 4. The Balaban J connectivity index is 2.22. The molecule has 0 aliphatic rings. The lowest BCUT2D eigenvalue weighted by atomic mass is 10.1. The molecule has 0 amide bonds. The molecule has 1 atom stereocenters. The van der Waals surface area contributed by atoms with Gasteiger partial charge in [0.25, 0.3) is 11.8 Å². The van der Waals surface area contributed by atoms with Crippen molar-refractivity contribution in [2.24, 2.45) is 0 Å². The van der Waals surface area contributed by atoms with Crippen molar-refractivity contribution in [3.8, 4) is 0 Å². The first-order valence-corrected chi connectivity index (χ1v) is 6.72. The van der Waals surface area contributed by atoms with Crippen LogP contribution in [-0.4, -0.2) is 15.3 Å². The summed E-state index contributed by atoms with van der Waals surface area (Å²) in [4.78, 5) is 0. The topological polar surface area (TPSA) is 68.8 Å². The van der Waals surface area contributed by atoms with Crippen LogP contribution >= 0.6 is 0 Å². The highest BCUT2D eigenvalue weighted by Gasteiger charge is 2.40. The first-order valence-electron chi connectivity index (χ1n) is 6.72. The first-order chi connectivity index (χ1) is 9.33. The summed E-state index contributed by atoms with van der Waals surface area (Å²) >= 11 is 0. The monoisotopic (exact) mass is 283 g/mol. The molecule has 20 heavy (non-hydrogen) atoms. The van der Waals surface area contributed by atoms with Crippen LogP contribution in [0.25, 0.3) is 0 Å². The van der Waals surface area contributed by atoms with Crippen LogP contribution < -0.4 is 4.68 Å². The number of hydrogen-bond donors (Lipinski definition) is 0. The molecule has 0 radical (unpaired) electrons. The summed E-state index contributed by atoms with van der Waals surface area (Å²) in [6, 6.07) is 0. The fourth-order valence-electron chi connectivity index (χ4n) is 1.77. The Morgan fingerprint density at radius 2 is 2.00 bits per heavy atom. The van der Waals surface area contributed by atoms with Crippen LogP contribution in [0.1, 0.15) is 57.2 Å². The van der Waals surface area contributed by atoms with Crippen LogP contribution in [0, 0.1) is 6.92 Å². The molecule has 0 bridgehead atoms. The number of aryl methyl sites for hydroxylation is 2. The summed E-state index contributed by atoms with van der Waals surface area (Å²) in [6.45, 7) is 8.88. The lowest BCUT2D eigenvalue weighted by molar-refractivity contribution is -0.770. The highest BCUT2D eigenvalue weighted by atomic mass is 19.1. The summed E-state index contributed by atoms with van der Waals surface area (Å²) < 4.78 is 27.1. The molecule has 6 nitrogen and oxygen atoms in total. The molecule has 0 fully saturated rings. The van der Waals surface area contributed by atoms with Gasteiger partial charge < -0.3 is 8.83 Å². The molecule has 110 valence electrons. The molecular weight excluding hydrogens is 263 g/mol. The zero-order valence-corrected chi connectivity index (χ0v) is 12.5. The van der Waals surface area contributed by atoms with Gasteiger partial charge in [-0.25, -0.2) is 4.39 Å². The van der Waals surface area contributed by atoms with E-state index in [4.69, 9.17) is 8.83 Å². The van der Waals surface area contributed by atoms with Crippen LogP contribution in [0.4, 0.5) is 4.39 Å². The van der Waals surface area contributed by atoms with Gasteiger partial charge in [-0.05, 0) is 11.6 Å². The smallest absolute Gasteiger partial charge is 0.371 e. The van der Waals surface area contributed by atoms with Gasteiger partial charge in [0.2, 0.25) is 18.1 Å². The Kier molecular flexibility index (Phi) is 3.87. The Labute approximate surface area is 117 Å². The molecule has 2 aromatic heterocycles. The van der Waals surface area contributed by atoms with Crippen LogP contribution in [-0.2, 0) is 18.6 Å². The lowest BCUT2D eigenvalue weighted by Crippen LogP contribution is -2.46. The third-order valence-electron chi connectivity index (χ3n) is 2.99. The van der Waals surface area contributed by atoms with Gasteiger partial charge in [-0.15, -0.1) is 10.2 Å². The van der Waals surface area contributed by atoms with Gasteiger partial charge in [0, 0.05) is 17.4 Å². The molecule has 2 heterocycles. The standard InChI is InChI=1S/C13H20FN4O2/c1-6-10-17-18(9(4)19-10)7-13(5,14)12-16-15-11(20-12)8(2)3/h8H,6-7H2,1-5H3/q+1. The van der Waals surface area contributed by atoms with E-state index in [0.717, 1.165) is 0 Å². The van der Waals surface area contributed by atoms with E-state index >= 15 is 0 Å². The highest BCUT2D eigenvalue weighted by Crippen LogP contribution is 2.26. The van der Waals surface area contributed by atoms with Gasteiger partial charge in [-0.3, -0.25) is 0 Å². The first kappa shape index (κ1) is 14.6. The quantitative estimate of drug-likeness (QED) is 0.787. The molecule has 0 spiro atoms. The summed E-state index contributed by atoms with van der Waals surface area (Å²) in [5.41, 5.74) is -1.79. The van der Waals surface area contributed by atoms with E-state index in [1.807, 2.05) is 20.8 Å². The Hall–Kier alpha value is -1.79. The molecule has 2 aromatic rings. The maximum absolute atomic E-state index is 14.8. The molecular formula is C13H20FN4O2+. The third-order valence-corrected chi connectivity index (χ3v) is 2.99. The van der Waals surface area contributed by atoms with Crippen LogP contribution in [0.3, 0.4) is 0 Å². The predicted molar refractivity (Wildman–Crippen MR) is 67.7 cm³/mol. The fourth-order valence-corrected chi connectivity index (χ4v) is 1.77. The third kappa shape index (κ3) is 2.86. The number of halogens is 1. The number of nitrogens with zero attached hydrogens (tertiary/aromatic N) is 4. The van der Waals surface area contributed by atoms with Crippen LogP contribution in [0.2, 0.25) is 0 Å². The molecule has 0 aliphatic carbocycles. The SMILES string of the molecule is CCc1n[n+](CC(C)(F)c2nnc(C(C)C)o2)c(C)o1. The second kappa shape index (κ2) is 5.30. The highest BCUT2D eigenvalue weighted by molar-refractivity contribution is 4.95. The minimum absolute atomic E-state index is 0.0257. The van der Waals surface area contributed by atoms with E-state index in [1.165, 1.54) is 11.6 Å². The summed E-state index contributed by atoms with van der Waals surface area (Å²) in [5, 5.41) is 11.9. The second-order valence-electron chi connectivity index (χ2n) is 5.32. The summed E-state index contributed by atoms with van der Waals surface area (Å²) in [5.74, 6) is 1.59. The van der Waals surface area contributed by atoms with E-state index in [-0.39, 0.29) is 18.4 Å². The van der Waals surface area contributed by atoms with E-state index in [0.29, 0.717) is 24.1 Å². The van der Waals surface area contributed by atoms with Gasteiger partial charge in [0.05, 0.1) is 6.92 Å². The number of rotatable bonds is 5. The Morgan fingerprint density at radius 1 is 1.30 bits per heavy atom. The van der Waals surface area contributed by atoms with Crippen molar-refractivity contribution in [2.75, 3.05) is 0 Å². The maximum Gasteiger partial charge on any atom is 0.371 e. The molecule has 0 N–H and O–H groups in total. The van der Waals surface area contributed by atoms with E-state index < -0.39 is 5.67 Å². The zero-order valence-electron chi connectivity index (χ0n) is 12.5. The van der Waals surface area contributed by atoms with Gasteiger partial charge >= 0.3 is 5.89 Å². The minimum Gasteiger partial charge on any atom is -0.421 e. The van der Waals surface area contributed by atoms with Crippen LogP contribution in [0.5, 0.6) is 0 Å². The number of hydrogen-bond acceptors (Lipinski definition) is 5. The fraction of sp³-hybridized carbons (Fsp3) is 0.692. The predicted octanol–water partition coefficient (Wildman–Crippen LogP) is 2.22. The van der Waals surface area contributed by atoms with E-state index in [9.17, 15) is 4.39 Å². The normalized spacial score (nSPS) is 14.8. The molecule has 0 aliphatic heterocycles. The second-order valence-corrected chi connectivity index (χ2v) is 5.32. The molecule has 1 unspecified atom stereocenters. The number of alkyl halides is 1. The molecule has 0 saturated carbocycles. The largest absolute Gasteiger partial charge is 0.421 e. The van der Waals surface area contributed by atoms with E-state index in [2.05, 4.69) is 15.3 Å². The van der Waals surface area contributed by atoms with Crippen molar-refractivity contribution in [1.82, 2.24) is 15.3 Å². The Morgan fingerprint density at radius 3 is 2.50 bits per heavy atom. The van der Waals surface area contributed by atoms with Gasteiger partial charge in [-0.2, -0.15) is 0 Å². The average molecular weight is 283 g/mol. The molecule has 0 aromatic carbocycles. The molecule has 0 saturated heterocycles. The van der Waals surface area contributed by atoms with Crippen molar-refractivity contribution >= 4 is 0 Å². The Bertz CT molecular complexity index is 589. The molecule has 2 rings (SSSR count). The minimum atomic E-state index is -1.79. The zero-order chi connectivity index (χ0) is 14.9. The molecule has 7 heteroatoms. The maximum atomic E-state index is 14.8. The van der Waals surface area contributed by atoms with Gasteiger partial charge in [0.15, 0.2) is 0 Å². The average Bonchev–Trinajstić information content (AvgIpc) is 2.97. The summed E-state index contributed by atoms with van der Waals surface area (Å²) in [7, 11) is 0. The van der Waals surface area contributed by atoms with Crippen molar-refractivity contribution in [1.29, 1.82) is 0 Å². The van der Waals surface area contributed by atoms with Gasteiger partial charge in [-0.1, -0.05) is 20.8 Å². The van der Waals surface area contributed by atoms with Gasteiger partial charge in [0.1, 0.15) is 0 Å².